The summed E-state index contributed by atoms with van der Waals surface area (Å²) in [6, 6.07) is 1.53. The van der Waals surface area contributed by atoms with Gasteiger partial charge in [0, 0.05) is 37.6 Å². The summed E-state index contributed by atoms with van der Waals surface area (Å²) in [4.78, 5) is 18.1. The highest BCUT2D eigenvalue weighted by atomic mass is 35.5. The van der Waals surface area contributed by atoms with Crippen molar-refractivity contribution in [2.45, 2.75) is 5.37 Å². The number of nitrogens with zero attached hydrogens (tertiary/aromatic N) is 2. The van der Waals surface area contributed by atoms with Crippen molar-refractivity contribution in [3.05, 3.63) is 22.8 Å². The largest absolute Gasteiger partial charge is 0.373 e. The fourth-order valence-corrected chi connectivity index (χ4v) is 5.06. The van der Waals surface area contributed by atoms with E-state index in [-0.39, 0.29) is 16.5 Å². The Kier molecular flexibility index (Phi) is 5.00. The van der Waals surface area contributed by atoms with Crippen molar-refractivity contribution in [3.63, 3.8) is 0 Å². The minimum Gasteiger partial charge on any atom is -0.373 e. The monoisotopic (exact) mass is 349 g/mol. The lowest BCUT2D eigenvalue weighted by atomic mass is 10.2. The number of rotatable bonds is 3. The molecule has 2 heterocycles. The standard InChI is InChI=1S/C12H16ClN3O3S2/c1-14-10-5-8(9(13)6-15-10)12(17)16-3-4-20-7-11(16)21(2,18)19/h5-6,11H,3-4,7H2,1-2H3,(H,14,15). The van der Waals surface area contributed by atoms with Crippen molar-refractivity contribution < 1.29 is 13.2 Å². The number of hydrogen-bond acceptors (Lipinski definition) is 6. The van der Waals surface area contributed by atoms with Crippen LogP contribution in [0.2, 0.25) is 5.02 Å². The van der Waals surface area contributed by atoms with E-state index in [0.29, 0.717) is 23.9 Å². The highest BCUT2D eigenvalue weighted by molar-refractivity contribution is 8.00. The predicted molar refractivity (Wildman–Crippen MR) is 85.8 cm³/mol. The molecule has 0 saturated carbocycles. The van der Waals surface area contributed by atoms with Gasteiger partial charge in [-0.2, -0.15) is 11.8 Å². The lowest BCUT2D eigenvalue weighted by Gasteiger charge is -2.34. The van der Waals surface area contributed by atoms with E-state index in [9.17, 15) is 13.2 Å². The maximum Gasteiger partial charge on any atom is 0.256 e. The van der Waals surface area contributed by atoms with E-state index in [0.717, 1.165) is 6.26 Å². The van der Waals surface area contributed by atoms with Crippen molar-refractivity contribution in [2.75, 3.05) is 36.7 Å². The molecular weight excluding hydrogens is 334 g/mol. The molecule has 1 saturated heterocycles. The fourth-order valence-electron chi connectivity index (χ4n) is 2.06. The molecule has 1 atom stereocenters. The first-order chi connectivity index (χ1) is 9.84. The summed E-state index contributed by atoms with van der Waals surface area (Å²) in [6.07, 6.45) is 2.53. The van der Waals surface area contributed by atoms with Crippen molar-refractivity contribution in [1.29, 1.82) is 0 Å². The highest BCUT2D eigenvalue weighted by Gasteiger charge is 2.35. The molecule has 0 aromatic carbocycles. The first-order valence-corrected chi connectivity index (χ1v) is 9.74. The van der Waals surface area contributed by atoms with Gasteiger partial charge in [-0.15, -0.1) is 0 Å². The maximum atomic E-state index is 12.7. The fraction of sp³-hybridized carbons (Fsp3) is 0.500. The molecule has 1 aromatic rings. The summed E-state index contributed by atoms with van der Waals surface area (Å²) >= 11 is 7.56. The SMILES string of the molecule is CNc1cc(C(=O)N2CCSCC2S(C)(=O)=O)c(Cl)cn1. The first-order valence-electron chi connectivity index (χ1n) is 6.25. The molecule has 0 spiro atoms. The Morgan fingerprint density at radius 2 is 2.29 bits per heavy atom. The molecular formula is C12H16ClN3O3S2. The highest BCUT2D eigenvalue weighted by Crippen LogP contribution is 2.26. The van der Waals surface area contributed by atoms with Gasteiger partial charge >= 0.3 is 0 Å². The molecule has 6 nitrogen and oxygen atoms in total. The van der Waals surface area contributed by atoms with Crippen LogP contribution in [-0.2, 0) is 9.84 Å². The number of carbonyl (C=O) groups excluding carboxylic acids is 1. The average molecular weight is 350 g/mol. The zero-order chi connectivity index (χ0) is 15.6. The Morgan fingerprint density at radius 3 is 2.90 bits per heavy atom. The lowest BCUT2D eigenvalue weighted by molar-refractivity contribution is 0.0750. The molecule has 0 bridgehead atoms. The molecule has 1 aliphatic heterocycles. The molecule has 9 heteroatoms. The third-order valence-corrected chi connectivity index (χ3v) is 6.13. The van der Waals surface area contributed by atoms with E-state index < -0.39 is 15.2 Å². The lowest BCUT2D eigenvalue weighted by Crippen LogP contribution is -2.50. The van der Waals surface area contributed by atoms with Gasteiger partial charge in [-0.1, -0.05) is 11.6 Å². The number of sulfone groups is 1. The van der Waals surface area contributed by atoms with Gasteiger partial charge in [0.15, 0.2) is 9.84 Å². The van der Waals surface area contributed by atoms with Crippen LogP contribution in [0.5, 0.6) is 0 Å². The quantitative estimate of drug-likeness (QED) is 0.887. The van der Waals surface area contributed by atoms with Crippen LogP contribution >= 0.6 is 23.4 Å². The van der Waals surface area contributed by atoms with E-state index in [4.69, 9.17) is 11.6 Å². The molecule has 21 heavy (non-hydrogen) atoms. The van der Waals surface area contributed by atoms with Crippen molar-refractivity contribution in [3.8, 4) is 0 Å². The van der Waals surface area contributed by atoms with Gasteiger partial charge in [-0.25, -0.2) is 13.4 Å². The predicted octanol–water partition coefficient (Wildman–Crippen LogP) is 1.34. The number of pyridine rings is 1. The van der Waals surface area contributed by atoms with Crippen LogP contribution in [0.4, 0.5) is 5.82 Å². The molecule has 0 aliphatic carbocycles. The van der Waals surface area contributed by atoms with Crippen molar-refractivity contribution >= 4 is 44.9 Å². The number of halogens is 1. The Balaban J connectivity index is 2.37. The number of hydrogen-bond donors (Lipinski definition) is 1. The molecule has 1 N–H and O–H groups in total. The molecule has 2 rings (SSSR count). The zero-order valence-electron chi connectivity index (χ0n) is 11.7. The van der Waals surface area contributed by atoms with Crippen LogP contribution in [0.15, 0.2) is 12.3 Å². The van der Waals surface area contributed by atoms with E-state index in [2.05, 4.69) is 10.3 Å². The number of amides is 1. The van der Waals surface area contributed by atoms with Crippen molar-refractivity contribution in [1.82, 2.24) is 9.88 Å². The number of nitrogens with one attached hydrogen (secondary N) is 1. The first kappa shape index (κ1) is 16.4. The van der Waals surface area contributed by atoms with Gasteiger partial charge in [0.25, 0.3) is 5.91 Å². The van der Waals surface area contributed by atoms with Crippen LogP contribution in [-0.4, -0.2) is 60.9 Å². The minimum atomic E-state index is -3.35. The third kappa shape index (κ3) is 3.61. The van der Waals surface area contributed by atoms with Crippen LogP contribution in [0.25, 0.3) is 0 Å². The molecule has 1 unspecified atom stereocenters. The second-order valence-electron chi connectivity index (χ2n) is 4.66. The van der Waals surface area contributed by atoms with Gasteiger partial charge in [-0.3, -0.25) is 4.79 Å². The van der Waals surface area contributed by atoms with Crippen LogP contribution in [0, 0.1) is 0 Å². The number of anilines is 1. The molecule has 1 aromatic heterocycles. The van der Waals surface area contributed by atoms with Crippen molar-refractivity contribution in [2.24, 2.45) is 0 Å². The summed E-state index contributed by atoms with van der Waals surface area (Å²) in [7, 11) is -1.66. The third-order valence-electron chi connectivity index (χ3n) is 3.18. The second-order valence-corrected chi connectivity index (χ2v) is 8.42. The summed E-state index contributed by atoms with van der Waals surface area (Å²) in [5, 5.41) is 2.23. The van der Waals surface area contributed by atoms with E-state index >= 15 is 0 Å². The number of aromatic nitrogens is 1. The molecule has 1 fully saturated rings. The molecule has 116 valence electrons. The van der Waals surface area contributed by atoms with Crippen LogP contribution < -0.4 is 5.32 Å². The maximum absolute atomic E-state index is 12.7. The van der Waals surface area contributed by atoms with Crippen LogP contribution in [0.3, 0.4) is 0 Å². The van der Waals surface area contributed by atoms with Gasteiger partial charge < -0.3 is 10.2 Å². The van der Waals surface area contributed by atoms with Gasteiger partial charge in [0.1, 0.15) is 11.2 Å². The van der Waals surface area contributed by atoms with E-state index in [1.807, 2.05) is 0 Å². The Labute approximate surface area is 133 Å². The number of carbonyl (C=O) groups is 1. The Hall–Kier alpha value is -0.990. The van der Waals surface area contributed by atoms with Gasteiger partial charge in [0.05, 0.1) is 10.6 Å². The summed E-state index contributed by atoms with van der Waals surface area (Å²) in [5.74, 6) is 1.21. The smallest absolute Gasteiger partial charge is 0.256 e. The molecule has 1 aliphatic rings. The second kappa shape index (κ2) is 6.41. The molecule has 1 amide bonds. The summed E-state index contributed by atoms with van der Waals surface area (Å²) < 4.78 is 23.8. The topological polar surface area (TPSA) is 79.4 Å². The Bertz CT molecular complexity index is 651. The zero-order valence-corrected chi connectivity index (χ0v) is 14.1. The van der Waals surface area contributed by atoms with Crippen LogP contribution in [0.1, 0.15) is 10.4 Å². The average Bonchev–Trinajstić information content (AvgIpc) is 2.46. The van der Waals surface area contributed by atoms with E-state index in [1.54, 1.807) is 7.05 Å². The minimum absolute atomic E-state index is 0.212. The summed E-state index contributed by atoms with van der Waals surface area (Å²) in [6.45, 7) is 0.384. The van der Waals surface area contributed by atoms with E-state index in [1.165, 1.54) is 28.9 Å². The summed E-state index contributed by atoms with van der Waals surface area (Å²) in [5.41, 5.74) is 0.261. The Morgan fingerprint density at radius 1 is 1.57 bits per heavy atom. The van der Waals surface area contributed by atoms with Gasteiger partial charge in [0.2, 0.25) is 0 Å². The number of thioether (sulfide) groups is 1. The molecule has 0 radical (unpaired) electrons. The normalized spacial score (nSPS) is 19.4. The van der Waals surface area contributed by atoms with Gasteiger partial charge in [-0.05, 0) is 6.07 Å².